The summed E-state index contributed by atoms with van der Waals surface area (Å²) >= 11 is 3.47. The van der Waals surface area contributed by atoms with Crippen LogP contribution in [0.25, 0.3) is 11.0 Å². The molecular formula is C9H10BrN3. The molecule has 0 aliphatic heterocycles. The summed E-state index contributed by atoms with van der Waals surface area (Å²) in [6.07, 6.45) is 3.62. The minimum absolute atomic E-state index is 0.347. The van der Waals surface area contributed by atoms with Gasteiger partial charge in [-0.3, -0.25) is 0 Å². The SMILES string of the molecule is CC(C)n1ncc2c(Br)ccnc21. The number of hydrogen-bond acceptors (Lipinski definition) is 2. The summed E-state index contributed by atoms with van der Waals surface area (Å²) in [5.74, 6) is 0. The van der Waals surface area contributed by atoms with E-state index in [4.69, 9.17) is 0 Å². The minimum atomic E-state index is 0.347. The van der Waals surface area contributed by atoms with Gasteiger partial charge in [0.15, 0.2) is 5.65 Å². The van der Waals surface area contributed by atoms with E-state index in [-0.39, 0.29) is 0 Å². The molecule has 0 atom stereocenters. The van der Waals surface area contributed by atoms with Crippen LogP contribution in [0.4, 0.5) is 0 Å². The third kappa shape index (κ3) is 1.35. The summed E-state index contributed by atoms with van der Waals surface area (Å²) in [4.78, 5) is 4.29. The van der Waals surface area contributed by atoms with Crippen LogP contribution < -0.4 is 0 Å². The topological polar surface area (TPSA) is 30.7 Å². The normalized spacial score (nSPS) is 11.4. The summed E-state index contributed by atoms with van der Waals surface area (Å²) < 4.78 is 2.96. The van der Waals surface area contributed by atoms with Gasteiger partial charge in [0.05, 0.1) is 11.6 Å². The molecule has 4 heteroatoms. The molecule has 0 N–H and O–H groups in total. The number of pyridine rings is 1. The van der Waals surface area contributed by atoms with Gasteiger partial charge in [-0.2, -0.15) is 5.10 Å². The van der Waals surface area contributed by atoms with Crippen LogP contribution in [-0.2, 0) is 0 Å². The van der Waals surface area contributed by atoms with E-state index in [1.807, 2.05) is 16.9 Å². The van der Waals surface area contributed by atoms with Gasteiger partial charge >= 0.3 is 0 Å². The molecule has 2 aromatic heterocycles. The molecule has 0 unspecified atom stereocenters. The summed E-state index contributed by atoms with van der Waals surface area (Å²) in [6, 6.07) is 2.27. The van der Waals surface area contributed by atoms with Crippen LogP contribution in [0, 0.1) is 0 Å². The molecule has 0 aromatic carbocycles. The van der Waals surface area contributed by atoms with E-state index in [2.05, 4.69) is 39.9 Å². The molecule has 0 spiro atoms. The predicted octanol–water partition coefficient (Wildman–Crippen LogP) is 2.77. The first-order chi connectivity index (χ1) is 6.20. The fraction of sp³-hybridized carbons (Fsp3) is 0.333. The number of hydrogen-bond donors (Lipinski definition) is 0. The van der Waals surface area contributed by atoms with Crippen LogP contribution in [0.2, 0.25) is 0 Å². The van der Waals surface area contributed by atoms with Crippen LogP contribution >= 0.6 is 15.9 Å². The molecular weight excluding hydrogens is 230 g/mol. The van der Waals surface area contributed by atoms with Gasteiger partial charge in [-0.25, -0.2) is 9.67 Å². The molecule has 0 fully saturated rings. The fourth-order valence-electron chi connectivity index (χ4n) is 1.29. The van der Waals surface area contributed by atoms with Gasteiger partial charge in [0.2, 0.25) is 0 Å². The molecule has 2 aromatic rings. The molecule has 3 nitrogen and oxygen atoms in total. The number of rotatable bonds is 1. The molecule has 0 aliphatic carbocycles. The summed E-state index contributed by atoms with van der Waals surface area (Å²) in [5, 5.41) is 5.35. The van der Waals surface area contributed by atoms with Crippen molar-refractivity contribution < 1.29 is 0 Å². The van der Waals surface area contributed by atoms with Crippen LogP contribution in [0.5, 0.6) is 0 Å². The Labute approximate surface area is 84.9 Å². The van der Waals surface area contributed by atoms with Crippen molar-refractivity contribution in [2.24, 2.45) is 0 Å². The van der Waals surface area contributed by atoms with Gasteiger partial charge < -0.3 is 0 Å². The zero-order valence-electron chi connectivity index (χ0n) is 7.53. The van der Waals surface area contributed by atoms with Gasteiger partial charge in [-0.05, 0) is 35.8 Å². The Hall–Kier alpha value is -0.900. The molecule has 2 rings (SSSR count). The van der Waals surface area contributed by atoms with E-state index in [0.29, 0.717) is 6.04 Å². The van der Waals surface area contributed by atoms with Crippen molar-refractivity contribution in [1.29, 1.82) is 0 Å². The van der Waals surface area contributed by atoms with Crippen molar-refractivity contribution >= 4 is 27.0 Å². The quantitative estimate of drug-likeness (QED) is 0.767. The Morgan fingerprint density at radius 2 is 2.23 bits per heavy atom. The molecule has 0 amide bonds. The van der Waals surface area contributed by atoms with Crippen molar-refractivity contribution in [3.8, 4) is 0 Å². The molecule has 0 radical (unpaired) electrons. The zero-order valence-corrected chi connectivity index (χ0v) is 9.12. The molecule has 0 bridgehead atoms. The van der Waals surface area contributed by atoms with Crippen molar-refractivity contribution in [1.82, 2.24) is 14.8 Å². The average Bonchev–Trinajstić information content (AvgIpc) is 2.48. The molecule has 13 heavy (non-hydrogen) atoms. The molecule has 0 saturated heterocycles. The highest BCUT2D eigenvalue weighted by Crippen LogP contribution is 2.22. The maximum atomic E-state index is 4.29. The minimum Gasteiger partial charge on any atom is -0.245 e. The summed E-state index contributed by atoms with van der Waals surface area (Å²) in [5.41, 5.74) is 0.935. The van der Waals surface area contributed by atoms with Crippen LogP contribution in [0.15, 0.2) is 22.9 Å². The lowest BCUT2D eigenvalue weighted by atomic mass is 10.3. The second-order valence-electron chi connectivity index (χ2n) is 3.21. The van der Waals surface area contributed by atoms with Crippen molar-refractivity contribution in [2.75, 3.05) is 0 Å². The second-order valence-corrected chi connectivity index (χ2v) is 4.07. The fourth-order valence-corrected chi connectivity index (χ4v) is 1.69. The molecule has 2 heterocycles. The zero-order chi connectivity index (χ0) is 9.42. The maximum absolute atomic E-state index is 4.29. The van der Waals surface area contributed by atoms with Gasteiger partial charge in [0.25, 0.3) is 0 Å². The van der Waals surface area contributed by atoms with Gasteiger partial charge in [-0.1, -0.05) is 0 Å². The highest BCUT2D eigenvalue weighted by atomic mass is 79.9. The van der Waals surface area contributed by atoms with Crippen molar-refractivity contribution in [2.45, 2.75) is 19.9 Å². The highest BCUT2D eigenvalue weighted by molar-refractivity contribution is 9.10. The van der Waals surface area contributed by atoms with E-state index >= 15 is 0 Å². The first kappa shape index (κ1) is 8.69. The summed E-state index contributed by atoms with van der Waals surface area (Å²) in [7, 11) is 0. The largest absolute Gasteiger partial charge is 0.245 e. The van der Waals surface area contributed by atoms with E-state index in [1.165, 1.54) is 0 Å². The Bertz CT molecular complexity index is 433. The molecule has 68 valence electrons. The maximum Gasteiger partial charge on any atom is 0.159 e. The Kier molecular flexibility index (Phi) is 2.07. The van der Waals surface area contributed by atoms with E-state index in [1.54, 1.807) is 6.20 Å². The second kappa shape index (κ2) is 3.10. The molecule has 0 aliphatic rings. The predicted molar refractivity (Wildman–Crippen MR) is 55.6 cm³/mol. The lowest BCUT2D eigenvalue weighted by Crippen LogP contribution is -2.02. The standard InChI is InChI=1S/C9H10BrN3/c1-6(2)13-9-7(5-12-13)8(10)3-4-11-9/h3-6H,1-2H3. The highest BCUT2D eigenvalue weighted by Gasteiger charge is 2.08. The lowest BCUT2D eigenvalue weighted by Gasteiger charge is -2.05. The Morgan fingerprint density at radius 3 is 2.92 bits per heavy atom. The van der Waals surface area contributed by atoms with Gasteiger partial charge in [0, 0.05) is 16.7 Å². The van der Waals surface area contributed by atoms with E-state index < -0.39 is 0 Å². The molecule has 0 saturated carbocycles. The smallest absolute Gasteiger partial charge is 0.159 e. The van der Waals surface area contributed by atoms with Crippen molar-refractivity contribution in [3.05, 3.63) is 22.9 Å². The first-order valence-electron chi connectivity index (χ1n) is 4.18. The number of halogens is 1. The van der Waals surface area contributed by atoms with Crippen LogP contribution in [0.3, 0.4) is 0 Å². The Balaban J connectivity index is 2.75. The third-order valence-corrected chi connectivity index (χ3v) is 2.62. The van der Waals surface area contributed by atoms with E-state index in [9.17, 15) is 0 Å². The summed E-state index contributed by atoms with van der Waals surface area (Å²) in [6.45, 7) is 4.18. The third-order valence-electron chi connectivity index (χ3n) is 1.93. The average molecular weight is 240 g/mol. The Morgan fingerprint density at radius 1 is 1.46 bits per heavy atom. The van der Waals surface area contributed by atoms with Crippen molar-refractivity contribution in [3.63, 3.8) is 0 Å². The lowest BCUT2D eigenvalue weighted by molar-refractivity contribution is 0.546. The first-order valence-corrected chi connectivity index (χ1v) is 4.97. The van der Waals surface area contributed by atoms with Gasteiger partial charge in [0.1, 0.15) is 0 Å². The van der Waals surface area contributed by atoms with Gasteiger partial charge in [-0.15, -0.1) is 0 Å². The monoisotopic (exact) mass is 239 g/mol. The number of nitrogens with zero attached hydrogens (tertiary/aromatic N) is 3. The number of aromatic nitrogens is 3. The van der Waals surface area contributed by atoms with Crippen LogP contribution in [-0.4, -0.2) is 14.8 Å². The van der Waals surface area contributed by atoms with E-state index in [0.717, 1.165) is 15.5 Å². The van der Waals surface area contributed by atoms with Crippen LogP contribution in [0.1, 0.15) is 19.9 Å². The number of fused-ring (bicyclic) bond motifs is 1.